The molecule has 1 aromatic rings. The molecule has 3 saturated carbocycles. The Morgan fingerprint density at radius 3 is 2.61 bits per heavy atom. The van der Waals surface area contributed by atoms with Gasteiger partial charge >= 0.3 is 5.97 Å². The van der Waals surface area contributed by atoms with Gasteiger partial charge in [0.05, 0.1) is 6.42 Å². The lowest BCUT2D eigenvalue weighted by Crippen LogP contribution is -2.63. The molecule has 0 spiro atoms. The summed E-state index contributed by atoms with van der Waals surface area (Å²) >= 11 is 12.0. The molecule has 7 atom stereocenters. The van der Waals surface area contributed by atoms with Crippen LogP contribution >= 0.6 is 23.2 Å². The van der Waals surface area contributed by atoms with Crippen molar-refractivity contribution in [2.24, 2.45) is 29.1 Å². The fourth-order valence-electron chi connectivity index (χ4n) is 8.83. The van der Waals surface area contributed by atoms with Crippen LogP contribution in [0.15, 0.2) is 24.3 Å². The van der Waals surface area contributed by atoms with Crippen molar-refractivity contribution in [2.75, 3.05) is 29.7 Å². The van der Waals surface area contributed by atoms with Crippen LogP contribution in [0.1, 0.15) is 77.2 Å². The number of benzene rings is 1. The minimum absolute atomic E-state index is 0.0191. The lowest BCUT2D eigenvalue weighted by Gasteiger charge is -2.62. The highest BCUT2D eigenvalue weighted by Crippen LogP contribution is 2.62. The Morgan fingerprint density at radius 2 is 1.84 bits per heavy atom. The standard InChI is InChI=1S/C31H44Cl2N2O3/c1-30-12-10-24(38-29(37)19-21-4-3-5-23(18-21)35(16-14-32)17-15-33)20-22(30)6-7-25-26(30)11-13-31(2)27(25)8-9-28(36)34-31/h3-5,18,22,24-27H,6-17,19-20H2,1-2H3,(H,34,36)/t22?,24?,25?,26?,27?,30-,31-/m0/s1. The molecule has 5 rings (SSSR count). The van der Waals surface area contributed by atoms with Gasteiger partial charge in [0.1, 0.15) is 6.10 Å². The van der Waals surface area contributed by atoms with E-state index in [1.807, 2.05) is 18.2 Å². The summed E-state index contributed by atoms with van der Waals surface area (Å²) in [6.45, 7) is 6.26. The van der Waals surface area contributed by atoms with E-state index in [0.717, 1.165) is 62.4 Å². The number of hydrogen-bond donors (Lipinski definition) is 1. The molecule has 5 unspecified atom stereocenters. The van der Waals surface area contributed by atoms with Crippen molar-refractivity contribution in [3.8, 4) is 0 Å². The first kappa shape index (κ1) is 28.1. The fourth-order valence-corrected chi connectivity index (χ4v) is 9.24. The van der Waals surface area contributed by atoms with Crippen LogP contribution in [0, 0.1) is 29.1 Å². The first-order valence-corrected chi connectivity index (χ1v) is 15.8. The Morgan fingerprint density at radius 1 is 1.05 bits per heavy atom. The van der Waals surface area contributed by atoms with Gasteiger partial charge in [0.2, 0.25) is 5.91 Å². The number of hydrogen-bond acceptors (Lipinski definition) is 4. The summed E-state index contributed by atoms with van der Waals surface area (Å²) in [5.41, 5.74) is 2.31. The number of piperidine rings is 1. The molecule has 5 nitrogen and oxygen atoms in total. The fraction of sp³-hybridized carbons (Fsp3) is 0.742. The van der Waals surface area contributed by atoms with Crippen LogP contribution in [0.3, 0.4) is 0 Å². The molecule has 1 aromatic carbocycles. The van der Waals surface area contributed by atoms with Crippen LogP contribution in [0.5, 0.6) is 0 Å². The third kappa shape index (κ3) is 5.57. The molecule has 4 fully saturated rings. The van der Waals surface area contributed by atoms with Gasteiger partial charge in [-0.05, 0) is 105 Å². The van der Waals surface area contributed by atoms with Gasteiger partial charge in [0.25, 0.3) is 0 Å². The molecule has 1 aliphatic heterocycles. The summed E-state index contributed by atoms with van der Waals surface area (Å²) in [7, 11) is 0. The van der Waals surface area contributed by atoms with Gasteiger partial charge in [-0.1, -0.05) is 19.1 Å². The molecule has 38 heavy (non-hydrogen) atoms. The molecule has 3 aliphatic carbocycles. The van der Waals surface area contributed by atoms with E-state index in [1.165, 1.54) is 19.3 Å². The monoisotopic (exact) mass is 562 g/mol. The van der Waals surface area contributed by atoms with E-state index in [-0.39, 0.29) is 23.5 Å². The predicted octanol–water partition coefficient (Wildman–Crippen LogP) is 6.34. The molecule has 0 aromatic heterocycles. The zero-order valence-electron chi connectivity index (χ0n) is 23.0. The van der Waals surface area contributed by atoms with Crippen molar-refractivity contribution in [1.29, 1.82) is 0 Å². The van der Waals surface area contributed by atoms with Gasteiger partial charge in [-0.3, -0.25) is 9.59 Å². The zero-order valence-corrected chi connectivity index (χ0v) is 24.5. The largest absolute Gasteiger partial charge is 0.462 e. The third-order valence-electron chi connectivity index (χ3n) is 10.7. The SMILES string of the molecule is C[C@]12CCC(OC(=O)Cc3cccc(N(CCCl)CCCl)c3)CC1CCC1C2CC[C@]2(C)NC(=O)CCC12. The number of esters is 1. The zero-order chi connectivity index (χ0) is 26.9. The van der Waals surface area contributed by atoms with Gasteiger partial charge in [-0.2, -0.15) is 0 Å². The Labute approximate surface area is 238 Å². The molecular weight excluding hydrogens is 519 g/mol. The summed E-state index contributed by atoms with van der Waals surface area (Å²) in [5.74, 6) is 3.81. The number of anilines is 1. The maximum atomic E-state index is 13.0. The van der Waals surface area contributed by atoms with E-state index in [9.17, 15) is 9.59 Å². The Kier molecular flexibility index (Phi) is 8.55. The number of halogens is 2. The van der Waals surface area contributed by atoms with E-state index in [2.05, 4.69) is 30.1 Å². The number of carbonyl (C=O) groups excluding carboxylic acids is 2. The van der Waals surface area contributed by atoms with Crippen LogP contribution in [0.25, 0.3) is 0 Å². The first-order valence-electron chi connectivity index (χ1n) is 14.7. The highest BCUT2D eigenvalue weighted by molar-refractivity contribution is 6.18. The average Bonchev–Trinajstić information content (AvgIpc) is 2.88. The van der Waals surface area contributed by atoms with E-state index in [0.29, 0.717) is 47.8 Å². The smallest absolute Gasteiger partial charge is 0.310 e. The van der Waals surface area contributed by atoms with Crippen molar-refractivity contribution in [3.63, 3.8) is 0 Å². The lowest BCUT2D eigenvalue weighted by atomic mass is 9.45. The van der Waals surface area contributed by atoms with E-state index in [1.54, 1.807) is 0 Å². The number of rotatable bonds is 8. The van der Waals surface area contributed by atoms with Crippen LogP contribution in [-0.4, -0.2) is 48.4 Å². The van der Waals surface area contributed by atoms with Crippen molar-refractivity contribution in [3.05, 3.63) is 29.8 Å². The normalized spacial score (nSPS) is 36.3. The van der Waals surface area contributed by atoms with Gasteiger partial charge in [0, 0.05) is 42.5 Å². The highest BCUT2D eigenvalue weighted by Gasteiger charge is 2.58. The van der Waals surface area contributed by atoms with Gasteiger partial charge in [-0.25, -0.2) is 0 Å². The number of nitrogens with one attached hydrogen (secondary N) is 1. The maximum Gasteiger partial charge on any atom is 0.310 e. The van der Waals surface area contributed by atoms with Gasteiger partial charge < -0.3 is 15.0 Å². The number of fused-ring (bicyclic) bond motifs is 5. The number of amides is 1. The molecule has 1 amide bonds. The third-order valence-corrected chi connectivity index (χ3v) is 11.1. The van der Waals surface area contributed by atoms with Crippen LogP contribution in [-0.2, 0) is 20.7 Å². The van der Waals surface area contributed by atoms with E-state index in [4.69, 9.17) is 27.9 Å². The topological polar surface area (TPSA) is 58.6 Å². The second-order valence-electron chi connectivity index (χ2n) is 12.8. The molecule has 210 valence electrons. The summed E-state index contributed by atoms with van der Waals surface area (Å²) < 4.78 is 6.09. The summed E-state index contributed by atoms with van der Waals surface area (Å²) in [6, 6.07) is 8.09. The number of nitrogens with zero attached hydrogens (tertiary/aromatic N) is 1. The highest BCUT2D eigenvalue weighted by atomic mass is 35.5. The minimum Gasteiger partial charge on any atom is -0.462 e. The summed E-state index contributed by atoms with van der Waals surface area (Å²) in [4.78, 5) is 27.3. The molecule has 4 aliphatic rings. The van der Waals surface area contributed by atoms with Crippen molar-refractivity contribution in [2.45, 2.75) is 89.7 Å². The van der Waals surface area contributed by atoms with E-state index < -0.39 is 0 Å². The predicted molar refractivity (Wildman–Crippen MR) is 154 cm³/mol. The first-order chi connectivity index (χ1) is 18.3. The quantitative estimate of drug-likeness (QED) is 0.297. The molecule has 1 N–H and O–H groups in total. The van der Waals surface area contributed by atoms with Gasteiger partial charge in [0.15, 0.2) is 0 Å². The second kappa shape index (κ2) is 11.6. The summed E-state index contributed by atoms with van der Waals surface area (Å²) in [5, 5.41) is 3.37. The van der Waals surface area contributed by atoms with Crippen molar-refractivity contribution in [1.82, 2.24) is 5.32 Å². The Hall–Kier alpha value is -1.46. The number of ether oxygens (including phenoxy) is 1. The average molecular weight is 564 g/mol. The molecule has 7 heteroatoms. The Bertz CT molecular complexity index is 1010. The van der Waals surface area contributed by atoms with Gasteiger partial charge in [-0.15, -0.1) is 23.2 Å². The van der Waals surface area contributed by atoms with Crippen molar-refractivity contribution >= 4 is 40.8 Å². The molecule has 1 saturated heterocycles. The lowest BCUT2D eigenvalue weighted by molar-refractivity contribution is -0.162. The molecule has 0 bridgehead atoms. The number of carbonyl (C=O) groups is 2. The van der Waals surface area contributed by atoms with Crippen molar-refractivity contribution < 1.29 is 14.3 Å². The second-order valence-corrected chi connectivity index (χ2v) is 13.6. The summed E-state index contributed by atoms with van der Waals surface area (Å²) in [6.07, 6.45) is 9.88. The minimum atomic E-state index is -0.128. The van der Waals surface area contributed by atoms with E-state index >= 15 is 0 Å². The van der Waals surface area contributed by atoms with Crippen LogP contribution < -0.4 is 10.2 Å². The Balaban J connectivity index is 1.18. The van der Waals surface area contributed by atoms with Crippen LogP contribution in [0.2, 0.25) is 0 Å². The number of alkyl halides is 2. The maximum absolute atomic E-state index is 13.0. The molecule has 1 heterocycles. The molecule has 0 radical (unpaired) electrons. The molecular formula is C31H44Cl2N2O3. The van der Waals surface area contributed by atoms with Crippen LogP contribution in [0.4, 0.5) is 5.69 Å².